The second kappa shape index (κ2) is 9.26. The Labute approximate surface area is 144 Å². The van der Waals surface area contributed by atoms with Crippen LogP contribution in [0.2, 0.25) is 0 Å². The fraction of sp³-hybridized carbons (Fsp3) is 0.312. The van der Waals surface area contributed by atoms with Crippen LogP contribution in [0, 0.1) is 0 Å². The van der Waals surface area contributed by atoms with E-state index in [1.54, 1.807) is 12.4 Å². The van der Waals surface area contributed by atoms with Gasteiger partial charge in [0.25, 0.3) is 0 Å². The van der Waals surface area contributed by atoms with Gasteiger partial charge in [0.05, 0.1) is 7.11 Å². The number of methoxy groups -OCH3 is 1. The molecule has 2 rings (SSSR count). The lowest BCUT2D eigenvalue weighted by Gasteiger charge is -2.13. The smallest absolute Gasteiger partial charge is 0.493 e. The Kier molecular flexibility index (Phi) is 7.69. The average molecular weight is 377 g/mol. The van der Waals surface area contributed by atoms with Crippen molar-refractivity contribution < 1.29 is 30.5 Å². The Morgan fingerprint density at radius 3 is 2.12 bits per heavy atom. The second-order valence-electron chi connectivity index (χ2n) is 4.74. The van der Waals surface area contributed by atoms with Gasteiger partial charge in [0, 0.05) is 12.4 Å². The maximum Gasteiger partial charge on any atom is 0.534 e. The van der Waals surface area contributed by atoms with Crippen molar-refractivity contribution in [2.24, 2.45) is 0 Å². The number of hydrogen-bond donors (Lipinski definition) is 0. The SMILES string of the molecule is CCCc1ccc(OS(=O)(=O)C(F)(F)F)c(OC)c1.c1ccncc1. The molecule has 9 heteroatoms. The minimum Gasteiger partial charge on any atom is -0.493 e. The molecule has 0 N–H and O–H groups in total. The van der Waals surface area contributed by atoms with Crippen molar-refractivity contribution in [2.45, 2.75) is 25.3 Å². The van der Waals surface area contributed by atoms with E-state index in [1.807, 2.05) is 25.1 Å². The largest absolute Gasteiger partial charge is 0.534 e. The average Bonchev–Trinajstić information content (AvgIpc) is 2.57. The summed E-state index contributed by atoms with van der Waals surface area (Å²) in [5.74, 6) is -0.543. The third kappa shape index (κ3) is 6.61. The molecule has 1 aromatic carbocycles. The topological polar surface area (TPSA) is 65.5 Å². The van der Waals surface area contributed by atoms with Crippen molar-refractivity contribution in [3.63, 3.8) is 0 Å². The van der Waals surface area contributed by atoms with Crippen LogP contribution in [0.25, 0.3) is 0 Å². The first kappa shape index (κ1) is 20.8. The zero-order chi connectivity index (χ0) is 18.9. The molecule has 1 aromatic heterocycles. The normalized spacial score (nSPS) is 11.2. The number of pyridine rings is 1. The Morgan fingerprint density at radius 2 is 1.72 bits per heavy atom. The summed E-state index contributed by atoms with van der Waals surface area (Å²) >= 11 is 0. The van der Waals surface area contributed by atoms with Crippen LogP contribution in [0.5, 0.6) is 11.5 Å². The molecule has 2 aromatic rings. The number of aromatic nitrogens is 1. The summed E-state index contributed by atoms with van der Waals surface area (Å²) < 4.78 is 67.3. The van der Waals surface area contributed by atoms with Gasteiger partial charge in [-0.25, -0.2) is 0 Å². The number of benzene rings is 1. The number of halogens is 3. The quantitative estimate of drug-likeness (QED) is 0.583. The summed E-state index contributed by atoms with van der Waals surface area (Å²) in [7, 11) is -4.47. The highest BCUT2D eigenvalue weighted by molar-refractivity contribution is 7.88. The molecule has 0 aliphatic heterocycles. The molecule has 0 saturated heterocycles. The van der Waals surface area contributed by atoms with Crippen LogP contribution in [0.15, 0.2) is 48.8 Å². The van der Waals surface area contributed by atoms with Gasteiger partial charge in [-0.3, -0.25) is 4.98 Å². The standard InChI is InChI=1S/C11H13F3O4S.C5H5N/c1-3-4-8-5-6-9(10(7-8)17-2)18-19(15,16)11(12,13)14;1-2-4-6-5-3-1/h5-7H,3-4H2,1-2H3;1-5H. The Hall–Kier alpha value is -2.29. The Balaban J connectivity index is 0.000000435. The molecule has 0 saturated carbocycles. The number of nitrogens with zero attached hydrogens (tertiary/aromatic N) is 1. The predicted octanol–water partition coefficient (Wildman–Crippen LogP) is 3.96. The third-order valence-corrected chi connectivity index (χ3v) is 3.78. The first-order chi connectivity index (χ1) is 11.7. The summed E-state index contributed by atoms with van der Waals surface area (Å²) in [6.45, 7) is 1.94. The van der Waals surface area contributed by atoms with E-state index in [2.05, 4.69) is 9.17 Å². The van der Waals surface area contributed by atoms with E-state index in [0.29, 0.717) is 6.42 Å². The van der Waals surface area contributed by atoms with Crippen LogP contribution in [0.3, 0.4) is 0 Å². The van der Waals surface area contributed by atoms with Crippen molar-refractivity contribution in [2.75, 3.05) is 7.11 Å². The molecular weight excluding hydrogens is 359 g/mol. The van der Waals surface area contributed by atoms with E-state index in [0.717, 1.165) is 18.1 Å². The van der Waals surface area contributed by atoms with Gasteiger partial charge in [-0.2, -0.15) is 21.6 Å². The van der Waals surface area contributed by atoms with Gasteiger partial charge in [0.15, 0.2) is 11.5 Å². The molecule has 138 valence electrons. The minimum absolute atomic E-state index is 0.0567. The van der Waals surface area contributed by atoms with Gasteiger partial charge < -0.3 is 8.92 Å². The second-order valence-corrected chi connectivity index (χ2v) is 6.28. The highest BCUT2D eigenvalue weighted by atomic mass is 32.2. The van der Waals surface area contributed by atoms with Crippen LogP contribution in [-0.2, 0) is 16.5 Å². The van der Waals surface area contributed by atoms with Gasteiger partial charge in [-0.05, 0) is 36.2 Å². The fourth-order valence-corrected chi connectivity index (χ4v) is 2.17. The van der Waals surface area contributed by atoms with Crippen molar-refractivity contribution in [1.29, 1.82) is 0 Å². The van der Waals surface area contributed by atoms with E-state index in [9.17, 15) is 21.6 Å². The molecule has 1 heterocycles. The van der Waals surface area contributed by atoms with Crippen molar-refractivity contribution in [1.82, 2.24) is 4.98 Å². The lowest BCUT2D eigenvalue weighted by molar-refractivity contribution is -0.0500. The highest BCUT2D eigenvalue weighted by Crippen LogP contribution is 2.33. The summed E-state index contributed by atoms with van der Waals surface area (Å²) in [5, 5.41) is 0. The lowest BCUT2D eigenvalue weighted by Crippen LogP contribution is -2.28. The molecule has 5 nitrogen and oxygen atoms in total. The monoisotopic (exact) mass is 377 g/mol. The van der Waals surface area contributed by atoms with Gasteiger partial charge >= 0.3 is 15.6 Å². The predicted molar refractivity (Wildman–Crippen MR) is 86.8 cm³/mol. The van der Waals surface area contributed by atoms with Crippen LogP contribution in [-0.4, -0.2) is 26.0 Å². The Bertz CT molecular complexity index is 723. The zero-order valence-electron chi connectivity index (χ0n) is 13.7. The van der Waals surface area contributed by atoms with Crippen molar-refractivity contribution in [3.05, 3.63) is 54.4 Å². The summed E-state index contributed by atoms with van der Waals surface area (Å²) in [6, 6.07) is 9.80. The maximum absolute atomic E-state index is 12.2. The summed E-state index contributed by atoms with van der Waals surface area (Å²) in [4.78, 5) is 3.78. The molecule has 0 unspecified atom stereocenters. The van der Waals surface area contributed by atoms with E-state index < -0.39 is 21.4 Å². The highest BCUT2D eigenvalue weighted by Gasteiger charge is 2.48. The van der Waals surface area contributed by atoms with Crippen LogP contribution >= 0.6 is 0 Å². The zero-order valence-corrected chi connectivity index (χ0v) is 14.5. The van der Waals surface area contributed by atoms with E-state index in [1.165, 1.54) is 19.2 Å². The Morgan fingerprint density at radius 1 is 1.08 bits per heavy atom. The summed E-state index contributed by atoms with van der Waals surface area (Å²) in [6.07, 6.45) is 5.03. The molecular formula is C16H18F3NO4S. The van der Waals surface area contributed by atoms with Crippen LogP contribution in [0.1, 0.15) is 18.9 Å². The fourth-order valence-electron chi connectivity index (χ4n) is 1.70. The van der Waals surface area contributed by atoms with Crippen LogP contribution < -0.4 is 8.92 Å². The van der Waals surface area contributed by atoms with Gasteiger partial charge in [-0.1, -0.05) is 25.5 Å². The van der Waals surface area contributed by atoms with Gasteiger partial charge in [-0.15, -0.1) is 0 Å². The van der Waals surface area contributed by atoms with E-state index in [4.69, 9.17) is 4.74 Å². The first-order valence-electron chi connectivity index (χ1n) is 7.24. The minimum atomic E-state index is -5.69. The lowest BCUT2D eigenvalue weighted by atomic mass is 10.1. The molecule has 0 bridgehead atoms. The number of rotatable bonds is 5. The molecule has 0 atom stereocenters. The van der Waals surface area contributed by atoms with E-state index >= 15 is 0 Å². The molecule has 0 radical (unpaired) electrons. The number of hydrogen-bond acceptors (Lipinski definition) is 5. The molecule has 0 fully saturated rings. The molecule has 0 amide bonds. The first-order valence-corrected chi connectivity index (χ1v) is 8.64. The van der Waals surface area contributed by atoms with Gasteiger partial charge in [0.2, 0.25) is 0 Å². The maximum atomic E-state index is 12.2. The summed E-state index contributed by atoms with van der Waals surface area (Å²) in [5.41, 5.74) is -4.66. The van der Waals surface area contributed by atoms with Crippen molar-refractivity contribution >= 4 is 10.1 Å². The number of aryl methyl sites for hydroxylation is 1. The molecule has 25 heavy (non-hydrogen) atoms. The van der Waals surface area contributed by atoms with E-state index in [-0.39, 0.29) is 5.75 Å². The molecule has 0 spiro atoms. The third-order valence-electron chi connectivity index (χ3n) is 2.82. The number of ether oxygens (including phenoxy) is 1. The van der Waals surface area contributed by atoms with Crippen LogP contribution in [0.4, 0.5) is 13.2 Å². The van der Waals surface area contributed by atoms with Gasteiger partial charge in [0.1, 0.15) is 0 Å². The molecule has 0 aliphatic rings. The van der Waals surface area contributed by atoms with Crippen molar-refractivity contribution in [3.8, 4) is 11.5 Å². The number of alkyl halides is 3. The molecule has 0 aliphatic carbocycles.